The number of rotatable bonds is 8. The van der Waals surface area contributed by atoms with Gasteiger partial charge in [-0.25, -0.2) is 0 Å². The summed E-state index contributed by atoms with van der Waals surface area (Å²) in [5, 5.41) is 23.5. The number of aryl methyl sites for hydroxylation is 2. The van der Waals surface area contributed by atoms with Gasteiger partial charge >= 0.3 is 0 Å². The van der Waals surface area contributed by atoms with Crippen molar-refractivity contribution in [1.82, 2.24) is 0 Å². The maximum Gasteiger partial charge on any atom is 0.274 e. The van der Waals surface area contributed by atoms with Crippen LogP contribution in [0.15, 0.2) is 97.1 Å². The van der Waals surface area contributed by atoms with Crippen molar-refractivity contribution in [2.45, 2.75) is 76.9 Å². The molecule has 12 heteroatoms. The fraction of sp³-hybridized carbons (Fsp3) is 0.292. The van der Waals surface area contributed by atoms with Gasteiger partial charge in [-0.3, -0.25) is 20.2 Å². The van der Waals surface area contributed by atoms with Crippen LogP contribution in [0.5, 0.6) is 23.0 Å². The molecule has 0 radical (unpaired) electrons. The predicted octanol–water partition coefficient (Wildman–Crippen LogP) is 10.3. The zero-order valence-electron chi connectivity index (χ0n) is 34.9. The summed E-state index contributed by atoms with van der Waals surface area (Å²) in [7, 11) is 3.18. The summed E-state index contributed by atoms with van der Waals surface area (Å²) in [4.78, 5) is 27.3. The van der Waals surface area contributed by atoms with Gasteiger partial charge in [0.1, 0.15) is 11.5 Å². The van der Waals surface area contributed by atoms with Crippen molar-refractivity contribution in [3.63, 3.8) is 0 Å². The van der Waals surface area contributed by atoms with Gasteiger partial charge in [-0.05, 0) is 112 Å². The molecule has 0 fully saturated rings. The van der Waals surface area contributed by atoms with Gasteiger partial charge in [0.15, 0.2) is 11.5 Å². The summed E-state index contributed by atoms with van der Waals surface area (Å²) in [5.74, 6) is 2.06. The summed E-state index contributed by atoms with van der Waals surface area (Å²) in [5.41, 5.74) is 6.08. The molecule has 0 saturated heterocycles. The molecule has 4 aliphatic heterocycles. The second-order valence-electron chi connectivity index (χ2n) is 17.1. The topological polar surface area (TPSA) is 130 Å². The molecule has 2 unspecified atom stereocenters. The number of non-ortho nitro benzene ring substituents is 2. The molecule has 12 nitrogen and oxygen atoms in total. The van der Waals surface area contributed by atoms with E-state index in [2.05, 4.69) is 80.8 Å². The Hall–Kier alpha value is -6.82. The van der Waals surface area contributed by atoms with E-state index in [0.29, 0.717) is 47.0 Å². The Bertz CT molecular complexity index is 2720. The van der Waals surface area contributed by atoms with Gasteiger partial charge in [-0.2, -0.15) is 0 Å². The number of hydrogen-bond acceptors (Lipinski definition) is 10. The highest BCUT2D eigenvalue weighted by Crippen LogP contribution is 2.58. The van der Waals surface area contributed by atoms with Gasteiger partial charge in [0.05, 0.1) is 47.5 Å². The number of benzene rings is 5. The number of ether oxygens (including phenoxy) is 4. The zero-order valence-corrected chi connectivity index (χ0v) is 34.9. The zero-order chi connectivity index (χ0) is 42.5. The minimum Gasteiger partial charge on any atom is -0.496 e. The summed E-state index contributed by atoms with van der Waals surface area (Å²) >= 11 is 0. The van der Waals surface area contributed by atoms with Crippen molar-refractivity contribution < 1.29 is 28.8 Å². The van der Waals surface area contributed by atoms with Crippen LogP contribution < -0.4 is 28.7 Å². The fourth-order valence-corrected chi connectivity index (χ4v) is 9.91. The van der Waals surface area contributed by atoms with E-state index in [0.717, 1.165) is 39.2 Å². The Kier molecular flexibility index (Phi) is 8.61. The SMILES string of the molecule is COc1cc(CN2c3ccccc3C(C)(C)C23C=Cc2cc([N+](=O)[O-])cc(OC)c2O3)c(C)cc1CN1c2ccccc2C(C)(C)C12C=Cc1cc([N+](=O)[O-])cc(C)c1O2. The van der Waals surface area contributed by atoms with Crippen molar-refractivity contribution in [2.24, 2.45) is 0 Å². The van der Waals surface area contributed by atoms with Crippen LogP contribution in [-0.4, -0.2) is 35.5 Å². The van der Waals surface area contributed by atoms with Gasteiger partial charge in [0, 0.05) is 52.8 Å². The van der Waals surface area contributed by atoms with Gasteiger partial charge < -0.3 is 28.7 Å². The molecule has 5 aromatic rings. The Labute approximate surface area is 348 Å². The molecule has 0 aliphatic carbocycles. The molecule has 0 aromatic heterocycles. The van der Waals surface area contributed by atoms with Crippen LogP contribution in [0, 0.1) is 34.1 Å². The van der Waals surface area contributed by atoms with Crippen LogP contribution >= 0.6 is 0 Å². The van der Waals surface area contributed by atoms with Crippen molar-refractivity contribution in [3.05, 3.63) is 162 Å². The van der Waals surface area contributed by atoms with E-state index >= 15 is 0 Å². The van der Waals surface area contributed by atoms with E-state index in [9.17, 15) is 20.2 Å². The number of nitrogens with zero attached hydrogens (tertiary/aromatic N) is 4. The first-order chi connectivity index (χ1) is 28.6. The third kappa shape index (κ3) is 5.35. The first-order valence-corrected chi connectivity index (χ1v) is 19.9. The minimum absolute atomic E-state index is 0.0235. The van der Waals surface area contributed by atoms with E-state index in [1.807, 2.05) is 55.5 Å². The number of nitro groups is 2. The Morgan fingerprint density at radius 3 is 1.62 bits per heavy atom. The Balaban J connectivity index is 1.12. The van der Waals surface area contributed by atoms with Gasteiger partial charge in [0.25, 0.3) is 11.4 Å². The van der Waals surface area contributed by atoms with Crippen molar-refractivity contribution in [3.8, 4) is 23.0 Å². The average Bonchev–Trinajstić information content (AvgIpc) is 3.51. The third-order valence-corrected chi connectivity index (χ3v) is 13.2. The molecule has 2 atom stereocenters. The standard InChI is InChI=1S/C48H46N4O8/c1-29-21-34(28-50-40-16-12-10-14-38(40)45(3,4)47(50)19-17-31-23-35(51(53)54)22-30(2)43(31)59-47)41(57-7)25-33(29)27-49-39-15-11-9-13-37(39)46(5,6)48(49)20-18-32-24-36(52(55)56)26-42(58-8)44(32)60-48/h9-26H,27-28H2,1-8H3. The first-order valence-electron chi connectivity index (χ1n) is 19.9. The molecule has 60 heavy (non-hydrogen) atoms. The Morgan fingerprint density at radius 2 is 1.08 bits per heavy atom. The molecular weight excluding hydrogens is 761 g/mol. The maximum atomic E-state index is 11.8. The van der Waals surface area contributed by atoms with Crippen LogP contribution in [-0.2, 0) is 23.9 Å². The number of nitro benzene ring substituents is 2. The van der Waals surface area contributed by atoms with Crippen LogP contribution in [0.25, 0.3) is 12.2 Å². The van der Waals surface area contributed by atoms with Crippen molar-refractivity contribution >= 4 is 34.9 Å². The third-order valence-electron chi connectivity index (χ3n) is 13.2. The summed E-state index contributed by atoms with van der Waals surface area (Å²) in [6, 6.07) is 26.9. The highest BCUT2D eigenvalue weighted by molar-refractivity contribution is 5.77. The molecule has 0 bridgehead atoms. The molecule has 5 aromatic carbocycles. The van der Waals surface area contributed by atoms with Gasteiger partial charge in [-0.15, -0.1) is 0 Å². The van der Waals surface area contributed by atoms with E-state index in [4.69, 9.17) is 18.9 Å². The summed E-state index contributed by atoms with van der Waals surface area (Å²) < 4.78 is 26.1. The molecule has 0 N–H and O–H groups in total. The lowest BCUT2D eigenvalue weighted by Crippen LogP contribution is -2.59. The van der Waals surface area contributed by atoms with Gasteiger partial charge in [0.2, 0.25) is 11.4 Å². The molecule has 4 aliphatic rings. The van der Waals surface area contributed by atoms with Crippen LogP contribution in [0.3, 0.4) is 0 Å². The summed E-state index contributed by atoms with van der Waals surface area (Å²) in [6.07, 6.45) is 7.91. The van der Waals surface area contributed by atoms with Crippen LogP contribution in [0.1, 0.15) is 72.2 Å². The maximum absolute atomic E-state index is 11.8. The number of para-hydroxylation sites is 2. The lowest BCUT2D eigenvalue weighted by Gasteiger charge is -2.47. The van der Waals surface area contributed by atoms with E-state index in [1.54, 1.807) is 19.2 Å². The van der Waals surface area contributed by atoms with Gasteiger partial charge in [-0.1, -0.05) is 42.5 Å². The van der Waals surface area contributed by atoms with E-state index in [-0.39, 0.29) is 22.0 Å². The minimum atomic E-state index is -1.03. The smallest absolute Gasteiger partial charge is 0.274 e. The predicted molar refractivity (Wildman–Crippen MR) is 231 cm³/mol. The number of hydrogen-bond donors (Lipinski definition) is 0. The van der Waals surface area contributed by atoms with E-state index < -0.39 is 27.2 Å². The molecule has 0 saturated carbocycles. The molecular formula is C48H46N4O8. The molecule has 306 valence electrons. The number of fused-ring (bicyclic) bond motifs is 4. The fourth-order valence-electron chi connectivity index (χ4n) is 9.91. The quantitative estimate of drug-likeness (QED) is 0.110. The largest absolute Gasteiger partial charge is 0.496 e. The monoisotopic (exact) mass is 806 g/mol. The molecule has 2 spiro atoms. The highest BCUT2D eigenvalue weighted by Gasteiger charge is 2.60. The van der Waals surface area contributed by atoms with Crippen molar-refractivity contribution in [2.75, 3.05) is 24.0 Å². The molecule has 9 rings (SSSR count). The first kappa shape index (κ1) is 38.7. The highest BCUT2D eigenvalue weighted by atomic mass is 16.6. The Morgan fingerprint density at radius 1 is 0.600 bits per heavy atom. The molecule has 4 heterocycles. The lowest BCUT2D eigenvalue weighted by atomic mass is 9.76. The number of methoxy groups -OCH3 is 2. The summed E-state index contributed by atoms with van der Waals surface area (Å²) in [6.45, 7) is 13.5. The van der Waals surface area contributed by atoms with Crippen LogP contribution in [0.4, 0.5) is 22.7 Å². The molecule has 0 amide bonds. The average molecular weight is 807 g/mol. The number of anilines is 2. The van der Waals surface area contributed by atoms with Crippen LogP contribution in [0.2, 0.25) is 0 Å². The normalized spacial score (nSPS) is 20.9. The lowest BCUT2D eigenvalue weighted by molar-refractivity contribution is -0.385. The second kappa shape index (κ2) is 13.4. The second-order valence-corrected chi connectivity index (χ2v) is 17.1. The van der Waals surface area contributed by atoms with E-state index in [1.165, 1.54) is 19.2 Å². The van der Waals surface area contributed by atoms with Crippen molar-refractivity contribution in [1.29, 1.82) is 0 Å².